The van der Waals surface area contributed by atoms with Gasteiger partial charge >= 0.3 is 11.9 Å². The fourth-order valence-electron chi connectivity index (χ4n) is 2.73. The molecule has 0 spiro atoms. The molecule has 0 N–H and O–H groups in total. The summed E-state index contributed by atoms with van der Waals surface area (Å²) in [5.74, 6) is -0.375. The lowest BCUT2D eigenvalue weighted by Gasteiger charge is -2.33. The predicted molar refractivity (Wildman–Crippen MR) is 73.5 cm³/mol. The first-order valence-electron chi connectivity index (χ1n) is 7.92. The van der Waals surface area contributed by atoms with Crippen LogP contribution in [-0.4, -0.2) is 29.8 Å². The summed E-state index contributed by atoms with van der Waals surface area (Å²) in [5, 5.41) is 1.56. The van der Waals surface area contributed by atoms with Crippen LogP contribution < -0.4 is 0 Å². The van der Waals surface area contributed by atoms with Gasteiger partial charge in [-0.25, -0.2) is 0 Å². The molecule has 0 aromatic carbocycles. The van der Waals surface area contributed by atoms with E-state index in [4.69, 9.17) is 9.57 Å². The third-order valence-electron chi connectivity index (χ3n) is 3.90. The summed E-state index contributed by atoms with van der Waals surface area (Å²) in [6, 6.07) is 0. The Morgan fingerprint density at radius 1 is 0.800 bits per heavy atom. The molecule has 20 heavy (non-hydrogen) atoms. The summed E-state index contributed by atoms with van der Waals surface area (Å²) in [7, 11) is 0. The maximum Gasteiger partial charge on any atom is 0.325 e. The number of carbonyl (C=O) groups excluding carboxylic acids is 2. The van der Waals surface area contributed by atoms with E-state index < -0.39 is 0 Å². The fraction of sp³-hybridized carbons (Fsp3) is 0.867. The summed E-state index contributed by atoms with van der Waals surface area (Å²) in [6.07, 6.45) is 9.41. The Balaban J connectivity index is 1.92. The van der Waals surface area contributed by atoms with Crippen LogP contribution in [0.5, 0.6) is 0 Å². The Bertz CT molecular complexity index is 300. The first-order valence-corrected chi connectivity index (χ1v) is 7.92. The van der Waals surface area contributed by atoms with Crippen LogP contribution in [-0.2, 0) is 19.2 Å². The van der Waals surface area contributed by atoms with E-state index in [9.17, 15) is 9.59 Å². The highest BCUT2D eigenvalue weighted by Gasteiger charge is 2.28. The zero-order valence-electron chi connectivity index (χ0n) is 12.1. The van der Waals surface area contributed by atoms with Crippen LogP contribution in [0.2, 0.25) is 0 Å². The van der Waals surface area contributed by atoms with Crippen molar-refractivity contribution in [3.63, 3.8) is 0 Å². The molecule has 2 fully saturated rings. The van der Waals surface area contributed by atoms with Crippen LogP contribution in [0.25, 0.3) is 0 Å². The first-order chi connectivity index (χ1) is 9.75. The number of carbonyl (C=O) groups is 2. The molecule has 114 valence electrons. The standard InChI is InChI=1S/C15H25NO4/c17-14-10-5-3-1-2-4-6-11-15(18)20-16-12-8-7-9-13(16)19-14/h13H,1-12H2. The van der Waals surface area contributed by atoms with Crippen molar-refractivity contribution in [2.24, 2.45) is 0 Å². The zero-order valence-corrected chi connectivity index (χ0v) is 12.1. The molecule has 2 aliphatic rings. The van der Waals surface area contributed by atoms with Crippen molar-refractivity contribution >= 4 is 11.9 Å². The summed E-state index contributed by atoms with van der Waals surface area (Å²) in [6.45, 7) is 0.656. The molecule has 0 aromatic rings. The monoisotopic (exact) mass is 283 g/mol. The van der Waals surface area contributed by atoms with E-state index in [1.807, 2.05) is 0 Å². The van der Waals surface area contributed by atoms with E-state index >= 15 is 0 Å². The minimum absolute atomic E-state index is 0.171. The Labute approximate surface area is 120 Å². The minimum Gasteiger partial charge on any atom is -0.443 e. The molecule has 0 bridgehead atoms. The molecule has 1 unspecified atom stereocenters. The molecule has 2 heterocycles. The Kier molecular flexibility index (Phi) is 6.30. The van der Waals surface area contributed by atoms with Gasteiger partial charge in [0.05, 0.1) is 0 Å². The molecule has 0 amide bonds. The summed E-state index contributed by atoms with van der Waals surface area (Å²) in [4.78, 5) is 28.9. The van der Waals surface area contributed by atoms with Gasteiger partial charge in [0.1, 0.15) is 0 Å². The Hall–Kier alpha value is -1.10. The largest absolute Gasteiger partial charge is 0.443 e. The van der Waals surface area contributed by atoms with Crippen LogP contribution in [0.15, 0.2) is 0 Å². The second-order valence-corrected chi connectivity index (χ2v) is 5.67. The molecule has 5 nitrogen and oxygen atoms in total. The second kappa shape index (κ2) is 8.25. The van der Waals surface area contributed by atoms with Crippen LogP contribution >= 0.6 is 0 Å². The lowest BCUT2D eigenvalue weighted by Crippen LogP contribution is -2.43. The highest BCUT2D eigenvalue weighted by atomic mass is 16.7. The average Bonchev–Trinajstić information content (AvgIpc) is 2.43. The molecule has 0 radical (unpaired) electrons. The summed E-state index contributed by atoms with van der Waals surface area (Å²) >= 11 is 0. The third kappa shape index (κ3) is 5.12. The number of hydrogen-bond donors (Lipinski definition) is 0. The molecule has 1 atom stereocenters. The van der Waals surface area contributed by atoms with Crippen molar-refractivity contribution in [2.45, 2.75) is 76.9 Å². The lowest BCUT2D eigenvalue weighted by molar-refractivity contribution is -0.250. The molecule has 0 aliphatic carbocycles. The van der Waals surface area contributed by atoms with Crippen LogP contribution in [0.3, 0.4) is 0 Å². The van der Waals surface area contributed by atoms with Gasteiger partial charge in [-0.3, -0.25) is 9.59 Å². The molecule has 5 heteroatoms. The summed E-state index contributed by atoms with van der Waals surface area (Å²) < 4.78 is 5.46. The van der Waals surface area contributed by atoms with Gasteiger partial charge in [0, 0.05) is 25.8 Å². The SMILES string of the molecule is O=C1CCCCCCCCC(=O)ON2CCCCC2O1. The molecule has 2 aliphatic heterocycles. The smallest absolute Gasteiger partial charge is 0.325 e. The average molecular weight is 283 g/mol. The van der Waals surface area contributed by atoms with E-state index in [-0.39, 0.29) is 18.2 Å². The quantitative estimate of drug-likeness (QED) is 0.640. The second-order valence-electron chi connectivity index (χ2n) is 5.67. The number of hydroxylamine groups is 2. The zero-order chi connectivity index (χ0) is 14.2. The highest BCUT2D eigenvalue weighted by molar-refractivity contribution is 5.70. The highest BCUT2D eigenvalue weighted by Crippen LogP contribution is 2.20. The Morgan fingerprint density at radius 3 is 2.20 bits per heavy atom. The normalized spacial score (nSPS) is 27.9. The van der Waals surface area contributed by atoms with Gasteiger partial charge in [-0.1, -0.05) is 30.7 Å². The topological polar surface area (TPSA) is 55.8 Å². The van der Waals surface area contributed by atoms with Gasteiger partial charge in [0.2, 0.25) is 0 Å². The Morgan fingerprint density at radius 2 is 1.45 bits per heavy atom. The fourth-order valence-corrected chi connectivity index (χ4v) is 2.73. The van der Waals surface area contributed by atoms with Crippen LogP contribution in [0.1, 0.15) is 70.6 Å². The van der Waals surface area contributed by atoms with Gasteiger partial charge in [-0.05, 0) is 25.7 Å². The maximum absolute atomic E-state index is 11.8. The molecule has 2 saturated heterocycles. The van der Waals surface area contributed by atoms with Crippen LogP contribution in [0.4, 0.5) is 0 Å². The van der Waals surface area contributed by atoms with Crippen molar-refractivity contribution < 1.29 is 19.2 Å². The lowest BCUT2D eigenvalue weighted by atomic mass is 10.1. The number of esters is 1. The number of ether oxygens (including phenoxy) is 1. The number of rotatable bonds is 0. The number of fused-ring (bicyclic) bond motifs is 1. The maximum atomic E-state index is 11.8. The van der Waals surface area contributed by atoms with Gasteiger partial charge < -0.3 is 9.57 Å². The minimum atomic E-state index is -0.386. The van der Waals surface area contributed by atoms with Gasteiger partial charge in [-0.15, -0.1) is 0 Å². The van der Waals surface area contributed by atoms with E-state index in [2.05, 4.69) is 0 Å². The van der Waals surface area contributed by atoms with Crippen molar-refractivity contribution in [2.75, 3.05) is 6.54 Å². The molecular weight excluding hydrogens is 258 g/mol. The van der Waals surface area contributed by atoms with Crippen molar-refractivity contribution in [3.05, 3.63) is 0 Å². The van der Waals surface area contributed by atoms with Crippen molar-refractivity contribution in [3.8, 4) is 0 Å². The van der Waals surface area contributed by atoms with Gasteiger partial charge in [-0.2, -0.15) is 0 Å². The van der Waals surface area contributed by atoms with Gasteiger partial charge in [0.15, 0.2) is 6.23 Å². The molecule has 2 rings (SSSR count). The van der Waals surface area contributed by atoms with Gasteiger partial charge in [0.25, 0.3) is 0 Å². The molecule has 0 saturated carbocycles. The van der Waals surface area contributed by atoms with Crippen molar-refractivity contribution in [1.29, 1.82) is 0 Å². The van der Waals surface area contributed by atoms with E-state index in [0.717, 1.165) is 57.8 Å². The van der Waals surface area contributed by atoms with Crippen LogP contribution in [0, 0.1) is 0 Å². The third-order valence-corrected chi connectivity index (χ3v) is 3.90. The molecular formula is C15H25NO4. The number of hydrogen-bond acceptors (Lipinski definition) is 5. The predicted octanol–water partition coefficient (Wildman–Crippen LogP) is 2.93. The number of piperidine rings is 1. The van der Waals surface area contributed by atoms with E-state index in [0.29, 0.717) is 19.4 Å². The summed E-state index contributed by atoms with van der Waals surface area (Å²) in [5.41, 5.74) is 0. The number of nitrogens with zero attached hydrogens (tertiary/aromatic N) is 1. The van der Waals surface area contributed by atoms with E-state index in [1.165, 1.54) is 0 Å². The van der Waals surface area contributed by atoms with E-state index in [1.54, 1.807) is 5.06 Å². The van der Waals surface area contributed by atoms with Crippen molar-refractivity contribution in [1.82, 2.24) is 5.06 Å². The first kappa shape index (κ1) is 15.3. The molecule has 0 aromatic heterocycles.